The number of amides is 1. The molecule has 156 valence electrons. The fourth-order valence-corrected chi connectivity index (χ4v) is 4.45. The summed E-state index contributed by atoms with van der Waals surface area (Å²) in [5.41, 5.74) is 1.18. The number of aromatic nitrogens is 3. The summed E-state index contributed by atoms with van der Waals surface area (Å²) >= 11 is 1.41. The Morgan fingerprint density at radius 3 is 2.72 bits per heavy atom. The number of thioether (sulfide) groups is 1. The van der Waals surface area contributed by atoms with Crippen molar-refractivity contribution in [2.75, 3.05) is 25.4 Å². The fourth-order valence-electron chi connectivity index (χ4n) is 3.53. The molecule has 1 aliphatic heterocycles. The zero-order chi connectivity index (χ0) is 20.6. The van der Waals surface area contributed by atoms with Crippen molar-refractivity contribution < 1.29 is 14.3 Å². The Bertz CT molecular complexity index is 825. The molecular formula is C21H28N4O3S. The smallest absolute Gasteiger partial charge is 0.310 e. The fraction of sp³-hybridized carbons (Fsp3) is 0.524. The number of carbonyl (C=O) groups excluding carboxylic acids is 2. The van der Waals surface area contributed by atoms with Crippen molar-refractivity contribution in [3.05, 3.63) is 41.7 Å². The van der Waals surface area contributed by atoms with Gasteiger partial charge in [0, 0.05) is 26.1 Å². The van der Waals surface area contributed by atoms with E-state index < -0.39 is 0 Å². The first-order valence-electron chi connectivity index (χ1n) is 10.2. The summed E-state index contributed by atoms with van der Waals surface area (Å²) in [5, 5.41) is 9.39. The van der Waals surface area contributed by atoms with Crippen LogP contribution in [0.4, 0.5) is 0 Å². The predicted molar refractivity (Wildman–Crippen MR) is 112 cm³/mol. The van der Waals surface area contributed by atoms with E-state index in [0.29, 0.717) is 31.9 Å². The van der Waals surface area contributed by atoms with Crippen molar-refractivity contribution >= 4 is 23.6 Å². The van der Waals surface area contributed by atoms with Crippen molar-refractivity contribution in [1.29, 1.82) is 0 Å². The summed E-state index contributed by atoms with van der Waals surface area (Å²) in [4.78, 5) is 26.5. The van der Waals surface area contributed by atoms with E-state index >= 15 is 0 Å². The van der Waals surface area contributed by atoms with Crippen LogP contribution in [0.2, 0.25) is 0 Å². The second-order valence-corrected chi connectivity index (χ2v) is 7.97. The molecule has 3 rings (SSSR count). The molecule has 2 heterocycles. The van der Waals surface area contributed by atoms with Gasteiger partial charge in [0.1, 0.15) is 5.82 Å². The number of benzene rings is 1. The SMILES string of the molecule is CCOC(=O)C1CCCN(C(=O)CSc2nnc(Cc3ccccc3)n2CC)C1. The quantitative estimate of drug-likeness (QED) is 0.486. The number of carbonyl (C=O) groups is 2. The average molecular weight is 417 g/mol. The molecule has 0 spiro atoms. The van der Waals surface area contributed by atoms with Crippen molar-refractivity contribution in [3.8, 4) is 0 Å². The van der Waals surface area contributed by atoms with Gasteiger partial charge in [-0.1, -0.05) is 42.1 Å². The second kappa shape index (κ2) is 10.4. The van der Waals surface area contributed by atoms with Gasteiger partial charge in [-0.15, -0.1) is 10.2 Å². The minimum Gasteiger partial charge on any atom is -0.466 e. The van der Waals surface area contributed by atoms with Crippen molar-refractivity contribution in [2.45, 2.75) is 44.8 Å². The van der Waals surface area contributed by atoms with Gasteiger partial charge in [-0.05, 0) is 32.3 Å². The molecule has 2 aromatic rings. The van der Waals surface area contributed by atoms with Crippen LogP contribution in [-0.4, -0.2) is 57.0 Å². The number of ether oxygens (including phenoxy) is 1. The lowest BCUT2D eigenvalue weighted by atomic mass is 9.98. The van der Waals surface area contributed by atoms with Gasteiger partial charge in [0.2, 0.25) is 5.91 Å². The Balaban J connectivity index is 1.58. The van der Waals surface area contributed by atoms with E-state index in [4.69, 9.17) is 4.74 Å². The first kappa shape index (κ1) is 21.4. The first-order chi connectivity index (χ1) is 14.1. The van der Waals surface area contributed by atoms with E-state index in [1.165, 1.54) is 17.3 Å². The van der Waals surface area contributed by atoms with Gasteiger partial charge < -0.3 is 14.2 Å². The normalized spacial score (nSPS) is 16.6. The highest BCUT2D eigenvalue weighted by Crippen LogP contribution is 2.22. The van der Waals surface area contributed by atoms with E-state index in [2.05, 4.69) is 33.8 Å². The Morgan fingerprint density at radius 1 is 1.21 bits per heavy atom. The molecule has 1 fully saturated rings. The Morgan fingerprint density at radius 2 is 2.00 bits per heavy atom. The van der Waals surface area contributed by atoms with Crippen LogP contribution in [0.25, 0.3) is 0 Å². The second-order valence-electron chi connectivity index (χ2n) is 7.03. The third kappa shape index (κ3) is 5.59. The number of hydrogen-bond acceptors (Lipinski definition) is 6. The minimum atomic E-state index is -0.214. The molecule has 1 aliphatic rings. The van der Waals surface area contributed by atoms with Crippen LogP contribution in [0.15, 0.2) is 35.5 Å². The molecule has 0 aliphatic carbocycles. The lowest BCUT2D eigenvalue weighted by molar-refractivity contribution is -0.151. The number of esters is 1. The van der Waals surface area contributed by atoms with Gasteiger partial charge in [0.15, 0.2) is 5.16 Å². The molecule has 1 unspecified atom stereocenters. The van der Waals surface area contributed by atoms with E-state index in [1.54, 1.807) is 11.8 Å². The highest BCUT2D eigenvalue weighted by Gasteiger charge is 2.29. The molecule has 29 heavy (non-hydrogen) atoms. The molecule has 7 nitrogen and oxygen atoms in total. The Hall–Kier alpha value is -2.35. The Labute approximate surface area is 175 Å². The predicted octanol–water partition coefficient (Wildman–Crippen LogP) is 2.78. The third-order valence-electron chi connectivity index (χ3n) is 5.03. The zero-order valence-electron chi connectivity index (χ0n) is 17.0. The van der Waals surface area contributed by atoms with Gasteiger partial charge in [-0.25, -0.2) is 0 Å². The van der Waals surface area contributed by atoms with Crippen molar-refractivity contribution in [1.82, 2.24) is 19.7 Å². The molecule has 1 aromatic heterocycles. The average Bonchev–Trinajstić information content (AvgIpc) is 3.14. The van der Waals surface area contributed by atoms with Gasteiger partial charge >= 0.3 is 5.97 Å². The van der Waals surface area contributed by atoms with Crippen molar-refractivity contribution in [2.24, 2.45) is 5.92 Å². The Kier molecular flexibility index (Phi) is 7.69. The summed E-state index contributed by atoms with van der Waals surface area (Å²) < 4.78 is 7.17. The monoisotopic (exact) mass is 416 g/mol. The van der Waals surface area contributed by atoms with Gasteiger partial charge in [-0.3, -0.25) is 9.59 Å². The van der Waals surface area contributed by atoms with Crippen LogP contribution in [0, 0.1) is 5.92 Å². The van der Waals surface area contributed by atoms with E-state index in [0.717, 1.165) is 30.4 Å². The van der Waals surface area contributed by atoms with Crippen LogP contribution in [0.1, 0.15) is 38.1 Å². The summed E-state index contributed by atoms with van der Waals surface area (Å²) in [6, 6.07) is 10.2. The summed E-state index contributed by atoms with van der Waals surface area (Å²) in [6.07, 6.45) is 2.32. The van der Waals surface area contributed by atoms with Crippen LogP contribution < -0.4 is 0 Å². The molecular weight excluding hydrogens is 388 g/mol. The maximum Gasteiger partial charge on any atom is 0.310 e. The van der Waals surface area contributed by atoms with Gasteiger partial charge in [0.25, 0.3) is 0 Å². The number of likely N-dealkylation sites (tertiary alicyclic amines) is 1. The molecule has 0 radical (unpaired) electrons. The number of nitrogens with zero attached hydrogens (tertiary/aromatic N) is 4. The summed E-state index contributed by atoms with van der Waals surface area (Å²) in [5.74, 6) is 0.801. The first-order valence-corrected chi connectivity index (χ1v) is 11.1. The molecule has 0 bridgehead atoms. The standard InChI is InChI=1S/C21H28N4O3S/c1-3-25-18(13-16-9-6-5-7-10-16)22-23-21(25)29-15-19(26)24-12-8-11-17(14-24)20(27)28-4-2/h5-7,9-10,17H,3-4,8,11-15H2,1-2H3. The maximum atomic E-state index is 12.7. The van der Waals surface area contributed by atoms with Crippen LogP contribution in [0.5, 0.6) is 0 Å². The maximum absolute atomic E-state index is 12.7. The topological polar surface area (TPSA) is 77.3 Å². The molecule has 0 saturated carbocycles. The molecule has 8 heteroatoms. The van der Waals surface area contributed by atoms with Crippen molar-refractivity contribution in [3.63, 3.8) is 0 Å². The molecule has 1 atom stereocenters. The number of piperidine rings is 1. The highest BCUT2D eigenvalue weighted by atomic mass is 32.2. The van der Waals surface area contributed by atoms with Gasteiger partial charge in [0.05, 0.1) is 18.3 Å². The molecule has 0 N–H and O–H groups in total. The van der Waals surface area contributed by atoms with E-state index in [9.17, 15) is 9.59 Å². The third-order valence-corrected chi connectivity index (χ3v) is 5.99. The molecule has 1 saturated heterocycles. The number of hydrogen-bond donors (Lipinski definition) is 0. The van der Waals surface area contributed by atoms with Gasteiger partial charge in [-0.2, -0.15) is 0 Å². The number of rotatable bonds is 8. The highest BCUT2D eigenvalue weighted by molar-refractivity contribution is 7.99. The van der Waals surface area contributed by atoms with Crippen LogP contribution >= 0.6 is 11.8 Å². The lowest BCUT2D eigenvalue weighted by Gasteiger charge is -2.31. The zero-order valence-corrected chi connectivity index (χ0v) is 17.9. The molecule has 1 amide bonds. The summed E-state index contributed by atoms with van der Waals surface area (Å²) in [6.45, 7) is 6.11. The van der Waals surface area contributed by atoms with E-state index in [1.807, 2.05) is 18.2 Å². The minimum absolute atomic E-state index is 0.0271. The van der Waals surface area contributed by atoms with Crippen LogP contribution in [0.3, 0.4) is 0 Å². The largest absolute Gasteiger partial charge is 0.466 e. The molecule has 1 aromatic carbocycles. The van der Waals surface area contributed by atoms with E-state index in [-0.39, 0.29) is 17.8 Å². The lowest BCUT2D eigenvalue weighted by Crippen LogP contribution is -2.43. The summed E-state index contributed by atoms with van der Waals surface area (Å²) in [7, 11) is 0. The van der Waals surface area contributed by atoms with Crippen LogP contribution in [-0.2, 0) is 27.3 Å².